The van der Waals surface area contributed by atoms with Gasteiger partial charge in [-0.3, -0.25) is 0 Å². The van der Waals surface area contributed by atoms with Crippen LogP contribution in [0.5, 0.6) is 0 Å². The summed E-state index contributed by atoms with van der Waals surface area (Å²) in [6.07, 6.45) is 0. The van der Waals surface area contributed by atoms with E-state index in [9.17, 15) is 8.78 Å². The maximum atomic E-state index is 13.5. The van der Waals surface area contributed by atoms with E-state index in [0.29, 0.717) is 16.8 Å². The van der Waals surface area contributed by atoms with E-state index in [1.807, 2.05) is 0 Å². The number of hydrogen-bond acceptors (Lipinski definition) is 1. The van der Waals surface area contributed by atoms with Crippen molar-refractivity contribution in [1.29, 1.82) is 0 Å². The molecular weight excluding hydrogens is 208 g/mol. The van der Waals surface area contributed by atoms with Crippen molar-refractivity contribution in [3.63, 3.8) is 0 Å². The lowest BCUT2D eigenvalue weighted by Crippen LogP contribution is -1.91. The molecule has 16 heavy (non-hydrogen) atoms. The van der Waals surface area contributed by atoms with Gasteiger partial charge in [-0.05, 0) is 48.4 Å². The Kier molecular flexibility index (Phi) is 2.60. The van der Waals surface area contributed by atoms with E-state index in [1.165, 1.54) is 30.3 Å². The first-order valence-corrected chi connectivity index (χ1v) is 4.89. The molecule has 3 heteroatoms. The summed E-state index contributed by atoms with van der Waals surface area (Å²) in [5, 5.41) is 0. The largest absolute Gasteiger partial charge is 0.399 e. The van der Waals surface area contributed by atoms with Gasteiger partial charge in [0, 0.05) is 11.3 Å². The number of anilines is 1. The summed E-state index contributed by atoms with van der Waals surface area (Å²) < 4.78 is 26.7. The lowest BCUT2D eigenvalue weighted by molar-refractivity contribution is 0.624. The minimum atomic E-state index is -0.404. The second-order valence-electron chi connectivity index (χ2n) is 3.76. The molecule has 2 N–H and O–H groups in total. The van der Waals surface area contributed by atoms with E-state index >= 15 is 0 Å². The first-order valence-electron chi connectivity index (χ1n) is 4.89. The molecule has 2 rings (SSSR count). The van der Waals surface area contributed by atoms with Gasteiger partial charge in [-0.15, -0.1) is 0 Å². The third kappa shape index (κ3) is 2.03. The average Bonchev–Trinajstić information content (AvgIpc) is 2.20. The van der Waals surface area contributed by atoms with Crippen LogP contribution in [0.4, 0.5) is 14.5 Å². The van der Waals surface area contributed by atoms with Crippen LogP contribution in [0.1, 0.15) is 5.56 Å². The zero-order chi connectivity index (χ0) is 11.7. The molecular formula is C13H11F2N. The van der Waals surface area contributed by atoms with E-state index in [2.05, 4.69) is 0 Å². The van der Waals surface area contributed by atoms with Crippen molar-refractivity contribution >= 4 is 5.69 Å². The Labute approximate surface area is 92.5 Å². The highest BCUT2D eigenvalue weighted by Gasteiger charge is 2.07. The van der Waals surface area contributed by atoms with Crippen LogP contribution < -0.4 is 5.73 Å². The highest BCUT2D eigenvalue weighted by molar-refractivity contribution is 5.68. The monoisotopic (exact) mass is 219 g/mol. The fourth-order valence-electron chi connectivity index (χ4n) is 1.66. The van der Waals surface area contributed by atoms with Crippen molar-refractivity contribution in [3.05, 3.63) is 53.6 Å². The molecule has 0 aromatic heterocycles. The summed E-state index contributed by atoms with van der Waals surface area (Å²) in [5.41, 5.74) is 7.61. The number of nitrogen functional groups attached to an aromatic ring is 1. The maximum absolute atomic E-state index is 13.5. The first kappa shape index (κ1) is 10.6. The Balaban J connectivity index is 2.62. The van der Waals surface area contributed by atoms with Crippen LogP contribution in [0.3, 0.4) is 0 Å². The van der Waals surface area contributed by atoms with E-state index < -0.39 is 5.82 Å². The summed E-state index contributed by atoms with van der Waals surface area (Å²) in [6.45, 7) is 1.76. The lowest BCUT2D eigenvalue weighted by Gasteiger charge is -2.06. The molecule has 0 atom stereocenters. The van der Waals surface area contributed by atoms with E-state index in [4.69, 9.17) is 5.73 Å². The van der Waals surface area contributed by atoms with Crippen LogP contribution in [-0.4, -0.2) is 0 Å². The summed E-state index contributed by atoms with van der Waals surface area (Å²) in [6, 6.07) is 8.68. The molecule has 0 fully saturated rings. The van der Waals surface area contributed by atoms with Gasteiger partial charge in [-0.2, -0.15) is 0 Å². The number of rotatable bonds is 1. The van der Waals surface area contributed by atoms with Crippen molar-refractivity contribution in [3.8, 4) is 11.1 Å². The Morgan fingerprint density at radius 1 is 1.00 bits per heavy atom. The second kappa shape index (κ2) is 3.93. The van der Waals surface area contributed by atoms with Gasteiger partial charge in [0.1, 0.15) is 11.6 Å². The molecule has 0 spiro atoms. The smallest absolute Gasteiger partial charge is 0.131 e. The summed E-state index contributed by atoms with van der Waals surface area (Å²) in [4.78, 5) is 0. The number of hydrogen-bond donors (Lipinski definition) is 1. The Morgan fingerprint density at radius 2 is 1.75 bits per heavy atom. The highest BCUT2D eigenvalue weighted by Crippen LogP contribution is 2.26. The molecule has 0 bridgehead atoms. The van der Waals surface area contributed by atoms with Gasteiger partial charge in [-0.25, -0.2) is 8.78 Å². The zero-order valence-corrected chi connectivity index (χ0v) is 8.80. The summed E-state index contributed by atoms with van der Waals surface area (Å²) in [5.74, 6) is -0.781. The SMILES string of the molecule is Cc1cc(F)cc(-c2cc(N)ccc2F)c1. The predicted octanol–water partition coefficient (Wildman–Crippen LogP) is 3.52. The molecule has 0 radical (unpaired) electrons. The molecule has 0 saturated carbocycles. The van der Waals surface area contributed by atoms with Crippen LogP contribution in [0.15, 0.2) is 36.4 Å². The van der Waals surface area contributed by atoms with E-state index in [1.54, 1.807) is 13.0 Å². The average molecular weight is 219 g/mol. The molecule has 0 aliphatic rings. The fourth-order valence-corrected chi connectivity index (χ4v) is 1.66. The molecule has 0 amide bonds. The Morgan fingerprint density at radius 3 is 2.44 bits per heavy atom. The molecule has 0 unspecified atom stereocenters. The van der Waals surface area contributed by atoms with Gasteiger partial charge in [0.15, 0.2) is 0 Å². The van der Waals surface area contributed by atoms with Crippen LogP contribution in [-0.2, 0) is 0 Å². The van der Waals surface area contributed by atoms with Gasteiger partial charge < -0.3 is 5.73 Å². The van der Waals surface area contributed by atoms with Crippen molar-refractivity contribution in [1.82, 2.24) is 0 Å². The van der Waals surface area contributed by atoms with Crippen molar-refractivity contribution in [2.24, 2.45) is 0 Å². The quantitative estimate of drug-likeness (QED) is 0.729. The summed E-state index contributed by atoms with van der Waals surface area (Å²) in [7, 11) is 0. The van der Waals surface area contributed by atoms with Crippen molar-refractivity contribution in [2.45, 2.75) is 6.92 Å². The normalized spacial score (nSPS) is 10.4. The minimum Gasteiger partial charge on any atom is -0.399 e. The third-order valence-corrected chi connectivity index (χ3v) is 2.34. The molecule has 0 aliphatic heterocycles. The van der Waals surface area contributed by atoms with Crippen molar-refractivity contribution in [2.75, 3.05) is 5.73 Å². The Hall–Kier alpha value is -1.90. The minimum absolute atomic E-state index is 0.322. The topological polar surface area (TPSA) is 26.0 Å². The van der Waals surface area contributed by atoms with Gasteiger partial charge in [0.05, 0.1) is 0 Å². The number of benzene rings is 2. The number of aryl methyl sites for hydroxylation is 1. The lowest BCUT2D eigenvalue weighted by atomic mass is 10.0. The van der Waals surface area contributed by atoms with Gasteiger partial charge >= 0.3 is 0 Å². The standard InChI is InChI=1S/C13H11F2N/c1-8-4-9(6-10(14)5-8)12-7-11(16)2-3-13(12)15/h2-7H,16H2,1H3. The van der Waals surface area contributed by atoms with Gasteiger partial charge in [-0.1, -0.05) is 6.07 Å². The first-order chi connectivity index (χ1) is 7.56. The molecule has 0 aliphatic carbocycles. The third-order valence-electron chi connectivity index (χ3n) is 2.34. The molecule has 2 aromatic rings. The summed E-state index contributed by atoms with van der Waals surface area (Å²) >= 11 is 0. The zero-order valence-electron chi connectivity index (χ0n) is 8.80. The molecule has 0 saturated heterocycles. The maximum Gasteiger partial charge on any atom is 0.131 e. The molecule has 82 valence electrons. The van der Waals surface area contributed by atoms with Gasteiger partial charge in [0.2, 0.25) is 0 Å². The predicted molar refractivity (Wildman–Crippen MR) is 60.9 cm³/mol. The van der Waals surface area contributed by atoms with Crippen molar-refractivity contribution < 1.29 is 8.78 Å². The number of nitrogens with two attached hydrogens (primary N) is 1. The fraction of sp³-hybridized carbons (Fsp3) is 0.0769. The van der Waals surface area contributed by atoms with Crippen LogP contribution in [0.25, 0.3) is 11.1 Å². The second-order valence-corrected chi connectivity index (χ2v) is 3.76. The number of halogens is 2. The van der Waals surface area contributed by atoms with E-state index in [-0.39, 0.29) is 5.82 Å². The molecule has 1 nitrogen and oxygen atoms in total. The molecule has 0 heterocycles. The van der Waals surface area contributed by atoms with Crippen LogP contribution in [0, 0.1) is 18.6 Å². The molecule has 2 aromatic carbocycles. The van der Waals surface area contributed by atoms with E-state index in [0.717, 1.165) is 5.56 Å². The van der Waals surface area contributed by atoms with Crippen LogP contribution >= 0.6 is 0 Å². The van der Waals surface area contributed by atoms with Gasteiger partial charge in [0.25, 0.3) is 0 Å². The highest BCUT2D eigenvalue weighted by atomic mass is 19.1. The Bertz CT molecular complexity index is 515. The van der Waals surface area contributed by atoms with Crippen LogP contribution in [0.2, 0.25) is 0 Å².